The monoisotopic (exact) mass is 603 g/mol. The molecule has 210 valence electrons. The second-order valence-corrected chi connectivity index (χ2v) is 12.6. The second-order valence-electron chi connectivity index (χ2n) is 10.9. The number of carbonyl (C=O) groups is 1. The van der Waals surface area contributed by atoms with Crippen molar-refractivity contribution in [2.45, 2.75) is 55.7 Å². The molecule has 1 saturated heterocycles. The van der Waals surface area contributed by atoms with Gasteiger partial charge in [0.1, 0.15) is 17.0 Å². The average Bonchev–Trinajstić information content (AvgIpc) is 3.17. The molecule has 4 rings (SSSR count). The summed E-state index contributed by atoms with van der Waals surface area (Å²) in [5.41, 5.74) is -1.50. The third-order valence-corrected chi connectivity index (χ3v) is 8.24. The lowest BCUT2D eigenvalue weighted by atomic mass is 9.63. The van der Waals surface area contributed by atoms with Gasteiger partial charge in [-0.1, -0.05) is 62.2 Å². The molecule has 1 aliphatic rings. The standard InChI is InChI=1S/C30H29Cl2F2N3O2S/c1-29(2,3)15-24-30(16-35,21-13-8-17(31)14-23(21)33)25(20-6-5-7-22(32)26(20)34)27(37-24)39-28(38)36-18-9-11-19(40-4)12-10-18/h5-14,24-25,27,37H,15H2,1-4H3,(H,36,38)/t24-,25-,27+,30-/m0/s1. The largest absolute Gasteiger partial charge is 0.429 e. The summed E-state index contributed by atoms with van der Waals surface area (Å²) in [6.07, 6.45) is 0.289. The van der Waals surface area contributed by atoms with E-state index >= 15 is 8.78 Å². The van der Waals surface area contributed by atoms with E-state index in [4.69, 9.17) is 27.9 Å². The lowest BCUT2D eigenvalue weighted by Gasteiger charge is -2.37. The molecule has 0 spiro atoms. The molecule has 5 nitrogen and oxygen atoms in total. The van der Waals surface area contributed by atoms with Gasteiger partial charge in [-0.05, 0) is 66.1 Å². The van der Waals surface area contributed by atoms with Gasteiger partial charge >= 0.3 is 6.09 Å². The highest BCUT2D eigenvalue weighted by molar-refractivity contribution is 7.98. The lowest BCUT2D eigenvalue weighted by Crippen LogP contribution is -2.44. The Labute approximate surface area is 247 Å². The Bertz CT molecular complexity index is 1440. The molecule has 3 aromatic rings. The quantitative estimate of drug-likeness (QED) is 0.276. The second kappa shape index (κ2) is 12.0. The first-order chi connectivity index (χ1) is 18.9. The third kappa shape index (κ3) is 6.08. The van der Waals surface area contributed by atoms with Crippen LogP contribution < -0.4 is 10.6 Å². The smallest absolute Gasteiger partial charge is 0.413 e. The Morgan fingerprint density at radius 1 is 1.15 bits per heavy atom. The van der Waals surface area contributed by atoms with Crippen molar-refractivity contribution < 1.29 is 18.3 Å². The third-order valence-electron chi connectivity index (χ3n) is 6.97. The molecule has 3 aromatic carbocycles. The molecule has 4 atom stereocenters. The minimum atomic E-state index is -1.70. The van der Waals surface area contributed by atoms with Crippen LogP contribution >= 0.6 is 35.0 Å². The molecule has 0 aromatic heterocycles. The van der Waals surface area contributed by atoms with Gasteiger partial charge in [-0.3, -0.25) is 10.6 Å². The fourth-order valence-electron chi connectivity index (χ4n) is 5.31. The number of anilines is 1. The van der Waals surface area contributed by atoms with Gasteiger partial charge in [0, 0.05) is 27.2 Å². The van der Waals surface area contributed by atoms with E-state index in [-0.39, 0.29) is 26.6 Å². The van der Waals surface area contributed by atoms with Crippen LogP contribution in [0.2, 0.25) is 10.0 Å². The van der Waals surface area contributed by atoms with Crippen molar-refractivity contribution in [3.8, 4) is 6.07 Å². The Morgan fingerprint density at radius 3 is 2.45 bits per heavy atom. The number of nitrogens with one attached hydrogen (secondary N) is 2. The van der Waals surface area contributed by atoms with Gasteiger partial charge in [-0.25, -0.2) is 13.6 Å². The van der Waals surface area contributed by atoms with Crippen LogP contribution in [0.1, 0.15) is 44.2 Å². The molecular weight excluding hydrogens is 575 g/mol. The van der Waals surface area contributed by atoms with Crippen LogP contribution in [0.25, 0.3) is 0 Å². The van der Waals surface area contributed by atoms with Crippen molar-refractivity contribution in [1.29, 1.82) is 5.26 Å². The lowest BCUT2D eigenvalue weighted by molar-refractivity contribution is 0.0851. The fourth-order valence-corrected chi connectivity index (χ4v) is 6.06. The van der Waals surface area contributed by atoms with Gasteiger partial charge in [0.15, 0.2) is 6.23 Å². The highest BCUT2D eigenvalue weighted by Gasteiger charge is 2.61. The Kier molecular flexibility index (Phi) is 9.01. The van der Waals surface area contributed by atoms with Gasteiger partial charge in [0.25, 0.3) is 0 Å². The number of hydrogen-bond acceptors (Lipinski definition) is 5. The van der Waals surface area contributed by atoms with E-state index in [0.29, 0.717) is 12.1 Å². The zero-order valence-electron chi connectivity index (χ0n) is 22.4. The van der Waals surface area contributed by atoms with E-state index in [9.17, 15) is 10.1 Å². The molecule has 10 heteroatoms. The van der Waals surface area contributed by atoms with E-state index in [0.717, 1.165) is 11.0 Å². The predicted octanol–water partition coefficient (Wildman–Crippen LogP) is 8.52. The summed E-state index contributed by atoms with van der Waals surface area (Å²) in [5, 5.41) is 16.8. The van der Waals surface area contributed by atoms with Crippen LogP contribution in [0.4, 0.5) is 19.3 Å². The Balaban J connectivity index is 1.85. The summed E-state index contributed by atoms with van der Waals surface area (Å²) in [5.74, 6) is -2.66. The highest BCUT2D eigenvalue weighted by atomic mass is 35.5. The number of nitriles is 1. The first kappa shape index (κ1) is 30.1. The number of ether oxygens (including phenoxy) is 1. The molecule has 1 amide bonds. The predicted molar refractivity (Wildman–Crippen MR) is 156 cm³/mol. The van der Waals surface area contributed by atoms with Crippen LogP contribution in [-0.2, 0) is 10.2 Å². The average molecular weight is 605 g/mol. The fraction of sp³-hybridized carbons (Fsp3) is 0.333. The topological polar surface area (TPSA) is 74.2 Å². The van der Waals surface area contributed by atoms with Crippen LogP contribution in [0.5, 0.6) is 0 Å². The van der Waals surface area contributed by atoms with Crippen molar-refractivity contribution in [3.05, 3.63) is 93.5 Å². The zero-order valence-corrected chi connectivity index (χ0v) is 24.7. The molecule has 0 radical (unpaired) electrons. The molecule has 1 heterocycles. The summed E-state index contributed by atoms with van der Waals surface area (Å²) in [6, 6.07) is 17.2. The van der Waals surface area contributed by atoms with Crippen LogP contribution in [0.3, 0.4) is 0 Å². The maximum absolute atomic E-state index is 15.7. The van der Waals surface area contributed by atoms with Crippen molar-refractivity contribution in [2.24, 2.45) is 5.41 Å². The van der Waals surface area contributed by atoms with Crippen molar-refractivity contribution >= 4 is 46.7 Å². The molecule has 0 saturated carbocycles. The van der Waals surface area contributed by atoms with Gasteiger partial charge in [-0.15, -0.1) is 11.8 Å². The van der Waals surface area contributed by atoms with Gasteiger partial charge in [0.2, 0.25) is 0 Å². The van der Waals surface area contributed by atoms with E-state index in [1.807, 2.05) is 39.2 Å². The van der Waals surface area contributed by atoms with E-state index in [1.54, 1.807) is 30.0 Å². The van der Waals surface area contributed by atoms with Gasteiger partial charge in [0.05, 0.1) is 17.0 Å². The maximum atomic E-state index is 15.7. The van der Waals surface area contributed by atoms with Crippen LogP contribution in [0.15, 0.2) is 65.6 Å². The number of rotatable bonds is 6. The van der Waals surface area contributed by atoms with Crippen molar-refractivity contribution in [1.82, 2.24) is 5.32 Å². The summed E-state index contributed by atoms with van der Waals surface area (Å²) in [6.45, 7) is 5.93. The molecular formula is C30H29Cl2F2N3O2S. The minimum absolute atomic E-state index is 0.0182. The van der Waals surface area contributed by atoms with Crippen molar-refractivity contribution in [3.63, 3.8) is 0 Å². The molecule has 1 fully saturated rings. The normalized spacial score (nSPS) is 22.5. The number of amides is 1. The van der Waals surface area contributed by atoms with Gasteiger partial charge < -0.3 is 4.74 Å². The molecule has 40 heavy (non-hydrogen) atoms. The summed E-state index contributed by atoms with van der Waals surface area (Å²) in [7, 11) is 0. The number of thioether (sulfide) groups is 1. The van der Waals surface area contributed by atoms with E-state index in [2.05, 4.69) is 16.7 Å². The summed E-state index contributed by atoms with van der Waals surface area (Å²) >= 11 is 13.8. The number of benzene rings is 3. The molecule has 0 aliphatic carbocycles. The highest BCUT2D eigenvalue weighted by Crippen LogP contribution is 2.53. The molecule has 0 bridgehead atoms. The first-order valence-corrected chi connectivity index (χ1v) is 14.6. The SMILES string of the molecule is CSc1ccc(NC(=O)O[C@H]2N[C@@H](CC(C)(C)C)[C@](C#N)(c3ccc(Cl)cc3F)[C@H]2c2cccc(Cl)c2F)cc1. The number of hydrogen-bond donors (Lipinski definition) is 2. The first-order valence-electron chi connectivity index (χ1n) is 12.6. The molecule has 2 N–H and O–H groups in total. The number of nitrogens with zero attached hydrogens (tertiary/aromatic N) is 1. The van der Waals surface area contributed by atoms with Gasteiger partial charge in [-0.2, -0.15) is 5.26 Å². The minimum Gasteiger partial charge on any atom is -0.429 e. The molecule has 1 aliphatic heterocycles. The maximum Gasteiger partial charge on any atom is 0.413 e. The van der Waals surface area contributed by atoms with Crippen LogP contribution in [0, 0.1) is 28.4 Å². The number of halogens is 4. The van der Waals surface area contributed by atoms with E-state index < -0.39 is 41.3 Å². The molecule has 0 unspecified atom stereocenters. The number of carbonyl (C=O) groups excluding carboxylic acids is 1. The van der Waals surface area contributed by atoms with Crippen LogP contribution in [-0.4, -0.2) is 24.6 Å². The van der Waals surface area contributed by atoms with E-state index in [1.165, 1.54) is 24.3 Å². The Morgan fingerprint density at radius 2 is 1.85 bits per heavy atom. The summed E-state index contributed by atoms with van der Waals surface area (Å²) < 4.78 is 37.2. The summed E-state index contributed by atoms with van der Waals surface area (Å²) in [4.78, 5) is 14.1. The zero-order chi connectivity index (χ0) is 29.2. The van der Waals surface area contributed by atoms with Crippen molar-refractivity contribution in [2.75, 3.05) is 11.6 Å². The Hall–Kier alpha value is -2.83.